The number of nitrogens with two attached hydrogens (primary N) is 1. The summed E-state index contributed by atoms with van der Waals surface area (Å²) in [6, 6.07) is 15.1. The van der Waals surface area contributed by atoms with Crippen LogP contribution in [0.25, 0.3) is 0 Å². The molecule has 2 aromatic rings. The van der Waals surface area contributed by atoms with Crippen molar-refractivity contribution in [2.24, 2.45) is 5.73 Å². The SMILES string of the molecule is CCc1ccc(CC(CN)c2cc(C)ccc2OC)cc1. The summed E-state index contributed by atoms with van der Waals surface area (Å²) in [6.07, 6.45) is 2.02. The van der Waals surface area contributed by atoms with Gasteiger partial charge in [0.25, 0.3) is 0 Å². The highest BCUT2D eigenvalue weighted by molar-refractivity contribution is 5.40. The Hall–Kier alpha value is -1.80. The molecule has 1 atom stereocenters. The van der Waals surface area contributed by atoms with Crippen molar-refractivity contribution in [1.82, 2.24) is 0 Å². The minimum absolute atomic E-state index is 0.285. The molecular weight excluding hydrogens is 258 g/mol. The Morgan fingerprint density at radius 3 is 2.29 bits per heavy atom. The van der Waals surface area contributed by atoms with Gasteiger partial charge in [-0.3, -0.25) is 0 Å². The Labute approximate surface area is 127 Å². The number of aryl methyl sites for hydroxylation is 2. The molecule has 21 heavy (non-hydrogen) atoms. The molecular formula is C19H25NO. The van der Waals surface area contributed by atoms with Crippen molar-refractivity contribution in [2.75, 3.05) is 13.7 Å². The fourth-order valence-corrected chi connectivity index (χ4v) is 2.69. The fraction of sp³-hybridized carbons (Fsp3) is 0.368. The van der Waals surface area contributed by atoms with Gasteiger partial charge in [-0.1, -0.05) is 48.9 Å². The van der Waals surface area contributed by atoms with E-state index in [0.29, 0.717) is 6.54 Å². The van der Waals surface area contributed by atoms with Crippen LogP contribution in [0.1, 0.15) is 35.1 Å². The number of rotatable bonds is 6. The largest absolute Gasteiger partial charge is 0.496 e. The lowest BCUT2D eigenvalue weighted by atomic mass is 9.90. The predicted molar refractivity (Wildman–Crippen MR) is 89.1 cm³/mol. The Balaban J connectivity index is 2.24. The zero-order chi connectivity index (χ0) is 15.2. The highest BCUT2D eigenvalue weighted by Crippen LogP contribution is 2.29. The van der Waals surface area contributed by atoms with Gasteiger partial charge < -0.3 is 10.5 Å². The first-order chi connectivity index (χ1) is 10.2. The zero-order valence-electron chi connectivity index (χ0n) is 13.2. The molecule has 1 unspecified atom stereocenters. The third-order valence-electron chi connectivity index (χ3n) is 4.02. The maximum atomic E-state index is 6.03. The van der Waals surface area contributed by atoms with Crippen LogP contribution < -0.4 is 10.5 Å². The predicted octanol–water partition coefficient (Wildman–Crippen LogP) is 3.85. The number of hydrogen-bond donors (Lipinski definition) is 1. The normalized spacial score (nSPS) is 12.2. The van der Waals surface area contributed by atoms with Crippen LogP contribution in [0.4, 0.5) is 0 Å². The van der Waals surface area contributed by atoms with Crippen LogP contribution in [0.15, 0.2) is 42.5 Å². The molecule has 0 fully saturated rings. The van der Waals surface area contributed by atoms with E-state index < -0.39 is 0 Å². The minimum atomic E-state index is 0.285. The average molecular weight is 283 g/mol. The summed E-state index contributed by atoms with van der Waals surface area (Å²) in [5, 5.41) is 0. The van der Waals surface area contributed by atoms with E-state index in [4.69, 9.17) is 10.5 Å². The van der Waals surface area contributed by atoms with Gasteiger partial charge in [0.2, 0.25) is 0 Å². The van der Waals surface area contributed by atoms with Gasteiger partial charge in [0.15, 0.2) is 0 Å². The minimum Gasteiger partial charge on any atom is -0.496 e. The molecule has 0 aliphatic rings. The number of benzene rings is 2. The molecule has 2 N–H and O–H groups in total. The standard InChI is InChI=1S/C19H25NO/c1-4-15-6-8-16(9-7-15)12-17(13-20)18-11-14(2)5-10-19(18)21-3/h5-11,17H,4,12-13,20H2,1-3H3. The number of ether oxygens (including phenoxy) is 1. The van der Waals surface area contributed by atoms with E-state index in [1.165, 1.54) is 22.3 Å². The molecule has 0 amide bonds. The Morgan fingerprint density at radius 1 is 1.05 bits per heavy atom. The van der Waals surface area contributed by atoms with E-state index in [2.05, 4.69) is 50.2 Å². The molecule has 0 aliphatic carbocycles. The first-order valence-electron chi connectivity index (χ1n) is 7.60. The number of methoxy groups -OCH3 is 1. The van der Waals surface area contributed by atoms with E-state index in [9.17, 15) is 0 Å². The van der Waals surface area contributed by atoms with Crippen LogP contribution >= 0.6 is 0 Å². The summed E-state index contributed by atoms with van der Waals surface area (Å²) in [7, 11) is 1.72. The Bertz CT molecular complexity index is 575. The van der Waals surface area contributed by atoms with Gasteiger partial charge in [0.1, 0.15) is 5.75 Å². The third kappa shape index (κ3) is 3.85. The van der Waals surface area contributed by atoms with Crippen molar-refractivity contribution in [3.63, 3.8) is 0 Å². The average Bonchev–Trinajstić information content (AvgIpc) is 2.53. The van der Waals surface area contributed by atoms with Gasteiger partial charge in [0.05, 0.1) is 7.11 Å². The Kier molecular flexibility index (Phi) is 5.40. The van der Waals surface area contributed by atoms with Crippen LogP contribution in [0.3, 0.4) is 0 Å². The molecule has 112 valence electrons. The summed E-state index contributed by atoms with van der Waals surface area (Å²) in [6.45, 7) is 4.90. The van der Waals surface area contributed by atoms with Crippen molar-refractivity contribution in [2.45, 2.75) is 32.6 Å². The van der Waals surface area contributed by atoms with Gasteiger partial charge in [0, 0.05) is 5.92 Å². The molecule has 0 radical (unpaired) electrons. The van der Waals surface area contributed by atoms with E-state index in [-0.39, 0.29) is 5.92 Å². The Morgan fingerprint density at radius 2 is 1.71 bits per heavy atom. The summed E-state index contributed by atoms with van der Waals surface area (Å²) < 4.78 is 5.50. The van der Waals surface area contributed by atoms with Gasteiger partial charge in [-0.05, 0) is 49.1 Å². The zero-order valence-corrected chi connectivity index (χ0v) is 13.2. The summed E-state index contributed by atoms with van der Waals surface area (Å²) in [4.78, 5) is 0. The van der Waals surface area contributed by atoms with Crippen LogP contribution in [0.5, 0.6) is 5.75 Å². The van der Waals surface area contributed by atoms with Crippen molar-refractivity contribution in [3.8, 4) is 5.75 Å². The molecule has 2 heteroatoms. The maximum Gasteiger partial charge on any atom is 0.122 e. The smallest absolute Gasteiger partial charge is 0.122 e. The van der Waals surface area contributed by atoms with E-state index in [1.807, 2.05) is 6.07 Å². The molecule has 0 aliphatic heterocycles. The van der Waals surface area contributed by atoms with Crippen LogP contribution in [-0.4, -0.2) is 13.7 Å². The van der Waals surface area contributed by atoms with Crippen LogP contribution in [0.2, 0.25) is 0 Å². The molecule has 2 rings (SSSR count). The molecule has 0 saturated heterocycles. The molecule has 2 nitrogen and oxygen atoms in total. The summed E-state index contributed by atoms with van der Waals surface area (Å²) in [5.74, 6) is 1.22. The molecule has 0 saturated carbocycles. The second-order valence-electron chi connectivity index (χ2n) is 5.55. The quantitative estimate of drug-likeness (QED) is 0.874. The van der Waals surface area contributed by atoms with E-state index in [0.717, 1.165) is 18.6 Å². The first kappa shape index (κ1) is 15.6. The van der Waals surface area contributed by atoms with Crippen LogP contribution in [-0.2, 0) is 12.8 Å². The summed E-state index contributed by atoms with van der Waals surface area (Å²) >= 11 is 0. The highest BCUT2D eigenvalue weighted by Gasteiger charge is 2.15. The molecule has 2 aromatic carbocycles. The van der Waals surface area contributed by atoms with Gasteiger partial charge in [-0.25, -0.2) is 0 Å². The third-order valence-corrected chi connectivity index (χ3v) is 4.02. The van der Waals surface area contributed by atoms with Crippen molar-refractivity contribution in [1.29, 1.82) is 0 Å². The lowest BCUT2D eigenvalue weighted by Gasteiger charge is -2.19. The van der Waals surface area contributed by atoms with Gasteiger partial charge in [-0.15, -0.1) is 0 Å². The second kappa shape index (κ2) is 7.28. The molecule has 0 heterocycles. The lowest BCUT2D eigenvalue weighted by Crippen LogP contribution is -2.16. The number of hydrogen-bond acceptors (Lipinski definition) is 2. The van der Waals surface area contributed by atoms with E-state index >= 15 is 0 Å². The monoisotopic (exact) mass is 283 g/mol. The van der Waals surface area contributed by atoms with Crippen molar-refractivity contribution >= 4 is 0 Å². The second-order valence-corrected chi connectivity index (χ2v) is 5.55. The molecule has 0 bridgehead atoms. The van der Waals surface area contributed by atoms with Crippen molar-refractivity contribution in [3.05, 3.63) is 64.7 Å². The maximum absolute atomic E-state index is 6.03. The molecule has 0 aromatic heterocycles. The first-order valence-corrected chi connectivity index (χ1v) is 7.60. The van der Waals surface area contributed by atoms with E-state index in [1.54, 1.807) is 7.11 Å². The summed E-state index contributed by atoms with van der Waals surface area (Å²) in [5.41, 5.74) is 11.2. The molecule has 0 spiro atoms. The highest BCUT2D eigenvalue weighted by atomic mass is 16.5. The van der Waals surface area contributed by atoms with Gasteiger partial charge in [-0.2, -0.15) is 0 Å². The van der Waals surface area contributed by atoms with Crippen molar-refractivity contribution < 1.29 is 4.74 Å². The fourth-order valence-electron chi connectivity index (χ4n) is 2.69. The topological polar surface area (TPSA) is 35.2 Å². The lowest BCUT2D eigenvalue weighted by molar-refractivity contribution is 0.405. The van der Waals surface area contributed by atoms with Crippen LogP contribution in [0, 0.1) is 6.92 Å². The van der Waals surface area contributed by atoms with Gasteiger partial charge >= 0.3 is 0 Å².